The lowest BCUT2D eigenvalue weighted by molar-refractivity contribution is -0.914. The van der Waals surface area contributed by atoms with Crippen LogP contribution >= 0.6 is 18.2 Å². The van der Waals surface area contributed by atoms with E-state index < -0.39 is 6.80 Å². The first-order valence-corrected chi connectivity index (χ1v) is 10.9. The Balaban J connectivity index is 2.42. The molecule has 4 nitrogen and oxygen atoms in total. The second-order valence-corrected chi connectivity index (χ2v) is 10.1. The molecule has 0 bridgehead atoms. The van der Waals surface area contributed by atoms with Crippen molar-refractivity contribution in [2.24, 2.45) is 0 Å². The molecule has 0 unspecified atom stereocenters. The molecule has 120 valence electrons. The minimum atomic E-state index is -2.94. The molecular formula is C14H31NO3PS+. The Morgan fingerprint density at radius 2 is 1.65 bits per heavy atom. The normalized spacial score (nSPS) is 18.4. The van der Waals surface area contributed by atoms with E-state index >= 15 is 0 Å². The van der Waals surface area contributed by atoms with Crippen molar-refractivity contribution in [1.82, 2.24) is 0 Å². The summed E-state index contributed by atoms with van der Waals surface area (Å²) in [4.78, 5) is 0. The van der Waals surface area contributed by atoms with E-state index in [0.717, 1.165) is 22.8 Å². The van der Waals surface area contributed by atoms with Crippen LogP contribution in [0.25, 0.3) is 0 Å². The zero-order valence-electron chi connectivity index (χ0n) is 13.5. The molecule has 20 heavy (non-hydrogen) atoms. The zero-order chi connectivity index (χ0) is 15.1. The number of rotatable bonds is 9. The summed E-state index contributed by atoms with van der Waals surface area (Å²) in [5.41, 5.74) is 0. The maximum absolute atomic E-state index is 12.4. The first kappa shape index (κ1) is 18.5. The standard InChI is InChI=1S/C14H31NO3PS/c1-5-17-19(16,18-6-2)20-13-12-15(3,4)14-10-8-7-9-11-14/h14H,5-13H2,1-4H3/q+1. The third kappa shape index (κ3) is 6.07. The summed E-state index contributed by atoms with van der Waals surface area (Å²) in [6.45, 7) is 2.66. The van der Waals surface area contributed by atoms with Gasteiger partial charge in [0, 0.05) is 0 Å². The fourth-order valence-electron chi connectivity index (χ4n) is 2.78. The minimum absolute atomic E-state index is 0.436. The number of quaternary nitrogens is 1. The molecule has 1 rings (SSSR count). The molecule has 1 aliphatic rings. The summed E-state index contributed by atoms with van der Waals surface area (Å²) in [6.07, 6.45) is 6.75. The van der Waals surface area contributed by atoms with Crippen LogP contribution in [-0.4, -0.2) is 50.1 Å². The summed E-state index contributed by atoms with van der Waals surface area (Å²) in [5, 5.41) is 0. The average molecular weight is 324 g/mol. The Labute approximate surface area is 128 Å². The van der Waals surface area contributed by atoms with Crippen LogP contribution in [0.15, 0.2) is 0 Å². The monoisotopic (exact) mass is 324 g/mol. The molecule has 6 heteroatoms. The molecule has 0 amide bonds. The molecule has 0 spiro atoms. The van der Waals surface area contributed by atoms with E-state index in [1.807, 2.05) is 13.8 Å². The van der Waals surface area contributed by atoms with Crippen molar-refractivity contribution in [3.8, 4) is 0 Å². The van der Waals surface area contributed by atoms with Gasteiger partial charge in [0.15, 0.2) is 0 Å². The van der Waals surface area contributed by atoms with E-state index in [2.05, 4.69) is 14.1 Å². The molecule has 0 saturated heterocycles. The second-order valence-electron chi connectivity index (χ2n) is 5.91. The van der Waals surface area contributed by atoms with Crippen LogP contribution in [0, 0.1) is 0 Å². The van der Waals surface area contributed by atoms with Crippen molar-refractivity contribution in [3.63, 3.8) is 0 Å². The number of hydrogen-bond acceptors (Lipinski definition) is 4. The SMILES string of the molecule is CCOP(=O)(OCC)SCC[N+](C)(C)C1CCCCC1. The highest BCUT2D eigenvalue weighted by molar-refractivity contribution is 8.55. The molecule has 1 fully saturated rings. The largest absolute Gasteiger partial charge is 0.389 e. The number of hydrogen-bond donors (Lipinski definition) is 0. The van der Waals surface area contributed by atoms with Crippen LogP contribution < -0.4 is 0 Å². The molecule has 1 aliphatic carbocycles. The van der Waals surface area contributed by atoms with E-state index in [0.29, 0.717) is 13.2 Å². The maximum Gasteiger partial charge on any atom is 0.389 e. The molecule has 0 heterocycles. The quantitative estimate of drug-likeness (QED) is 0.468. The van der Waals surface area contributed by atoms with Gasteiger partial charge >= 0.3 is 6.80 Å². The predicted octanol–water partition coefficient (Wildman–Crippen LogP) is 4.31. The fourth-order valence-corrected chi connectivity index (χ4v) is 6.41. The molecule has 1 saturated carbocycles. The summed E-state index contributed by atoms with van der Waals surface area (Å²) in [5.74, 6) is 0.820. The maximum atomic E-state index is 12.4. The Morgan fingerprint density at radius 1 is 1.10 bits per heavy atom. The van der Waals surface area contributed by atoms with E-state index in [4.69, 9.17) is 9.05 Å². The second kappa shape index (κ2) is 8.79. The molecule has 0 aromatic carbocycles. The van der Waals surface area contributed by atoms with Gasteiger partial charge in [0.25, 0.3) is 0 Å². The highest BCUT2D eigenvalue weighted by Gasteiger charge is 2.31. The van der Waals surface area contributed by atoms with E-state index in [1.54, 1.807) is 0 Å². The van der Waals surface area contributed by atoms with Crippen molar-refractivity contribution in [1.29, 1.82) is 0 Å². The Hall–Kier alpha value is 0.460. The molecule has 0 N–H and O–H groups in total. The lowest BCUT2D eigenvalue weighted by atomic mass is 9.93. The van der Waals surface area contributed by atoms with Gasteiger partial charge in [0.1, 0.15) is 0 Å². The van der Waals surface area contributed by atoms with Gasteiger partial charge in [0.2, 0.25) is 0 Å². The van der Waals surface area contributed by atoms with Crippen molar-refractivity contribution >= 4 is 18.2 Å². The average Bonchev–Trinajstić information content (AvgIpc) is 2.40. The first-order chi connectivity index (χ1) is 9.43. The van der Waals surface area contributed by atoms with Crippen LogP contribution in [0.5, 0.6) is 0 Å². The van der Waals surface area contributed by atoms with Crippen molar-refractivity contribution < 1.29 is 18.1 Å². The van der Waals surface area contributed by atoms with Gasteiger partial charge in [-0.3, -0.25) is 0 Å². The smallest absolute Gasteiger partial charge is 0.325 e. The highest BCUT2D eigenvalue weighted by Crippen LogP contribution is 2.60. The van der Waals surface area contributed by atoms with Gasteiger partial charge in [-0.2, -0.15) is 0 Å². The predicted molar refractivity (Wildman–Crippen MR) is 87.2 cm³/mol. The molecule has 0 aliphatic heterocycles. The van der Waals surface area contributed by atoms with Crippen molar-refractivity contribution in [2.45, 2.75) is 52.0 Å². The summed E-state index contributed by atoms with van der Waals surface area (Å²) in [6, 6.07) is 0.753. The van der Waals surface area contributed by atoms with Crippen molar-refractivity contribution in [2.75, 3.05) is 39.6 Å². The van der Waals surface area contributed by atoms with Gasteiger partial charge in [0.05, 0.1) is 45.6 Å². The van der Waals surface area contributed by atoms with E-state index in [1.165, 1.54) is 43.5 Å². The van der Waals surface area contributed by atoms with Gasteiger partial charge in [-0.05, 0) is 50.9 Å². The van der Waals surface area contributed by atoms with Crippen LogP contribution in [0.3, 0.4) is 0 Å². The summed E-state index contributed by atoms with van der Waals surface area (Å²) < 4.78 is 24.0. The van der Waals surface area contributed by atoms with Gasteiger partial charge < -0.3 is 13.5 Å². The third-order valence-electron chi connectivity index (χ3n) is 4.05. The van der Waals surface area contributed by atoms with Crippen LogP contribution in [-0.2, 0) is 13.6 Å². The molecule has 0 aromatic heterocycles. The van der Waals surface area contributed by atoms with Crippen LogP contribution in [0.4, 0.5) is 0 Å². The fraction of sp³-hybridized carbons (Fsp3) is 1.00. The third-order valence-corrected chi connectivity index (χ3v) is 8.01. The Kier molecular flexibility index (Phi) is 8.14. The zero-order valence-corrected chi connectivity index (χ0v) is 15.2. The summed E-state index contributed by atoms with van der Waals surface area (Å²) >= 11 is 1.36. The topological polar surface area (TPSA) is 35.5 Å². The van der Waals surface area contributed by atoms with Gasteiger partial charge in [-0.15, -0.1) is 0 Å². The van der Waals surface area contributed by atoms with E-state index in [9.17, 15) is 4.57 Å². The molecule has 0 atom stereocenters. The Bertz CT molecular complexity index is 310. The van der Waals surface area contributed by atoms with Crippen LogP contribution in [0.2, 0.25) is 0 Å². The van der Waals surface area contributed by atoms with Crippen LogP contribution in [0.1, 0.15) is 46.0 Å². The number of nitrogens with zero attached hydrogens (tertiary/aromatic N) is 1. The molecule has 0 radical (unpaired) electrons. The molecular weight excluding hydrogens is 293 g/mol. The van der Waals surface area contributed by atoms with E-state index in [-0.39, 0.29) is 0 Å². The Morgan fingerprint density at radius 3 is 2.15 bits per heavy atom. The first-order valence-electron chi connectivity index (χ1n) is 7.80. The minimum Gasteiger partial charge on any atom is -0.325 e. The highest BCUT2D eigenvalue weighted by atomic mass is 32.7. The lowest BCUT2D eigenvalue weighted by Gasteiger charge is -2.40. The van der Waals surface area contributed by atoms with Gasteiger partial charge in [-0.1, -0.05) is 6.42 Å². The molecule has 0 aromatic rings. The summed E-state index contributed by atoms with van der Waals surface area (Å²) in [7, 11) is 4.59. The van der Waals surface area contributed by atoms with Crippen molar-refractivity contribution in [3.05, 3.63) is 0 Å². The lowest BCUT2D eigenvalue weighted by Crippen LogP contribution is -2.50. The van der Waals surface area contributed by atoms with Gasteiger partial charge in [-0.25, -0.2) is 4.57 Å².